The van der Waals surface area contributed by atoms with Crippen molar-refractivity contribution in [3.8, 4) is 22.9 Å². The molecule has 0 saturated carbocycles. The molecule has 2 N–H and O–H groups in total. The molecule has 0 unspecified atom stereocenters. The summed E-state index contributed by atoms with van der Waals surface area (Å²) in [5, 5.41) is 10.6. The number of amides is 1. The van der Waals surface area contributed by atoms with Crippen molar-refractivity contribution < 1.29 is 18.8 Å². The molecule has 0 saturated heterocycles. The van der Waals surface area contributed by atoms with Crippen molar-refractivity contribution in [3.05, 3.63) is 54.9 Å². The van der Waals surface area contributed by atoms with Gasteiger partial charge in [0.25, 0.3) is 5.91 Å². The molecule has 176 valence electrons. The Kier molecular flexibility index (Phi) is 6.62. The Bertz CT molecular complexity index is 1280. The van der Waals surface area contributed by atoms with Gasteiger partial charge in [0, 0.05) is 16.5 Å². The van der Waals surface area contributed by atoms with Crippen LogP contribution in [0.5, 0.6) is 11.5 Å². The summed E-state index contributed by atoms with van der Waals surface area (Å²) in [6, 6.07) is 13.0. The summed E-state index contributed by atoms with van der Waals surface area (Å²) < 4.78 is 16.3. The van der Waals surface area contributed by atoms with E-state index in [0.717, 1.165) is 22.2 Å². The first kappa shape index (κ1) is 23.0. The van der Waals surface area contributed by atoms with Crippen LogP contribution in [0.15, 0.2) is 59.4 Å². The van der Waals surface area contributed by atoms with E-state index in [1.807, 2.05) is 64.1 Å². The Morgan fingerprint density at radius 2 is 1.88 bits per heavy atom. The monoisotopic (exact) mass is 461 g/mol. The van der Waals surface area contributed by atoms with Crippen molar-refractivity contribution in [3.63, 3.8) is 0 Å². The zero-order valence-electron chi connectivity index (χ0n) is 19.6. The summed E-state index contributed by atoms with van der Waals surface area (Å²) in [4.78, 5) is 21.6. The number of carbonyl (C=O) groups excluding carboxylic acids is 1. The molecule has 0 radical (unpaired) electrons. The minimum absolute atomic E-state index is 0.0835. The van der Waals surface area contributed by atoms with Crippen molar-refractivity contribution in [2.24, 2.45) is 0 Å². The Hall–Kier alpha value is -4.14. The molecule has 9 nitrogen and oxygen atoms in total. The Balaban J connectivity index is 1.65. The molecule has 0 aliphatic heterocycles. The Morgan fingerprint density at radius 3 is 2.62 bits per heavy atom. The molecular formula is C25H27N5O4. The predicted octanol–water partition coefficient (Wildman–Crippen LogP) is 4.72. The minimum Gasteiger partial charge on any atom is -0.494 e. The van der Waals surface area contributed by atoms with Gasteiger partial charge in [0.1, 0.15) is 29.3 Å². The van der Waals surface area contributed by atoms with Gasteiger partial charge < -0.3 is 24.6 Å². The lowest BCUT2D eigenvalue weighted by atomic mass is 10.1. The molecule has 0 atom stereocenters. The highest BCUT2D eigenvalue weighted by Gasteiger charge is 2.15. The van der Waals surface area contributed by atoms with Crippen LogP contribution in [-0.2, 0) is 4.79 Å². The van der Waals surface area contributed by atoms with E-state index in [1.165, 1.54) is 6.26 Å². The molecule has 9 heteroatoms. The number of nitrogens with one attached hydrogen (secondary N) is 2. The summed E-state index contributed by atoms with van der Waals surface area (Å²) in [5.74, 6) is 2.17. The largest absolute Gasteiger partial charge is 0.494 e. The van der Waals surface area contributed by atoms with Crippen molar-refractivity contribution in [2.45, 2.75) is 33.2 Å². The van der Waals surface area contributed by atoms with Gasteiger partial charge in [-0.25, -0.2) is 9.97 Å². The third-order valence-corrected chi connectivity index (χ3v) is 4.65. The number of carbonyl (C=O) groups is 1. The lowest BCUT2D eigenvalue weighted by molar-refractivity contribution is -0.124. The van der Waals surface area contributed by atoms with Crippen LogP contribution in [0.1, 0.15) is 27.7 Å². The van der Waals surface area contributed by atoms with Crippen LogP contribution in [0, 0.1) is 0 Å². The number of hydrogen-bond acceptors (Lipinski definition) is 8. The molecule has 0 fully saturated rings. The highest BCUT2D eigenvalue weighted by molar-refractivity contribution is 5.93. The van der Waals surface area contributed by atoms with Gasteiger partial charge in [-0.3, -0.25) is 4.79 Å². The van der Waals surface area contributed by atoms with Crippen LogP contribution >= 0.6 is 0 Å². The van der Waals surface area contributed by atoms with Gasteiger partial charge in [-0.2, -0.15) is 0 Å². The van der Waals surface area contributed by atoms with E-state index < -0.39 is 0 Å². The van der Waals surface area contributed by atoms with Crippen molar-refractivity contribution in [2.75, 3.05) is 18.5 Å². The number of aromatic nitrogens is 3. The minimum atomic E-state index is -0.322. The molecule has 0 aliphatic carbocycles. The first-order valence-electron chi connectivity index (χ1n) is 11.0. The summed E-state index contributed by atoms with van der Waals surface area (Å²) in [6.45, 7) is 8.17. The number of nitrogens with zero attached hydrogens (tertiary/aromatic N) is 3. The van der Waals surface area contributed by atoms with Gasteiger partial charge in [0.15, 0.2) is 12.4 Å². The maximum absolute atomic E-state index is 12.1. The lowest BCUT2D eigenvalue weighted by Gasteiger charge is -2.20. The molecule has 2 aromatic heterocycles. The van der Waals surface area contributed by atoms with Gasteiger partial charge in [-0.15, -0.1) is 0 Å². The van der Waals surface area contributed by atoms with E-state index in [9.17, 15) is 4.79 Å². The molecule has 4 rings (SSSR count). The van der Waals surface area contributed by atoms with Crippen LogP contribution in [0.4, 0.5) is 11.5 Å². The number of anilines is 2. The van der Waals surface area contributed by atoms with E-state index in [0.29, 0.717) is 29.7 Å². The van der Waals surface area contributed by atoms with Crippen molar-refractivity contribution in [1.29, 1.82) is 0 Å². The van der Waals surface area contributed by atoms with Crippen molar-refractivity contribution >= 4 is 28.3 Å². The quantitative estimate of drug-likeness (QED) is 0.388. The summed E-state index contributed by atoms with van der Waals surface area (Å²) in [7, 11) is 0. The smallest absolute Gasteiger partial charge is 0.258 e. The molecule has 2 heterocycles. The van der Waals surface area contributed by atoms with Crippen LogP contribution in [0.25, 0.3) is 22.3 Å². The predicted molar refractivity (Wildman–Crippen MR) is 129 cm³/mol. The molecule has 2 aromatic carbocycles. The fourth-order valence-electron chi connectivity index (χ4n) is 3.32. The van der Waals surface area contributed by atoms with E-state index in [-0.39, 0.29) is 18.1 Å². The molecule has 1 amide bonds. The second-order valence-corrected chi connectivity index (χ2v) is 8.66. The fourth-order valence-corrected chi connectivity index (χ4v) is 3.32. The van der Waals surface area contributed by atoms with Gasteiger partial charge in [0.2, 0.25) is 0 Å². The fraction of sp³-hybridized carbons (Fsp3) is 0.280. The van der Waals surface area contributed by atoms with Crippen LogP contribution in [0.2, 0.25) is 0 Å². The molecule has 0 bridgehead atoms. The summed E-state index contributed by atoms with van der Waals surface area (Å²) in [5.41, 5.74) is 1.83. The second-order valence-electron chi connectivity index (χ2n) is 8.66. The summed E-state index contributed by atoms with van der Waals surface area (Å²) in [6.07, 6.45) is 3.06. The van der Waals surface area contributed by atoms with E-state index >= 15 is 0 Å². The molecule has 0 spiro atoms. The second kappa shape index (κ2) is 9.78. The normalized spacial score (nSPS) is 11.3. The number of rotatable bonds is 8. The average molecular weight is 462 g/mol. The Labute approximate surface area is 197 Å². The van der Waals surface area contributed by atoms with Gasteiger partial charge in [-0.05, 0) is 58.0 Å². The highest BCUT2D eigenvalue weighted by atomic mass is 16.5. The van der Waals surface area contributed by atoms with E-state index in [1.54, 1.807) is 12.3 Å². The third kappa shape index (κ3) is 5.80. The topological polar surface area (TPSA) is 111 Å². The zero-order chi connectivity index (χ0) is 24.1. The third-order valence-electron chi connectivity index (χ3n) is 4.65. The van der Waals surface area contributed by atoms with Gasteiger partial charge in [-0.1, -0.05) is 17.3 Å². The number of benzene rings is 2. The molecule has 0 aliphatic rings. The lowest BCUT2D eigenvalue weighted by Crippen LogP contribution is -2.43. The van der Waals surface area contributed by atoms with E-state index in [4.69, 9.17) is 24.0 Å². The van der Waals surface area contributed by atoms with Crippen molar-refractivity contribution in [1.82, 2.24) is 20.4 Å². The van der Waals surface area contributed by atoms with Crippen LogP contribution < -0.4 is 20.1 Å². The Morgan fingerprint density at radius 1 is 1.06 bits per heavy atom. The van der Waals surface area contributed by atoms with Gasteiger partial charge in [0.05, 0.1) is 18.3 Å². The maximum atomic E-state index is 12.1. The van der Waals surface area contributed by atoms with E-state index in [2.05, 4.69) is 15.8 Å². The average Bonchev–Trinajstić information content (AvgIpc) is 3.30. The molecule has 34 heavy (non-hydrogen) atoms. The first-order valence-corrected chi connectivity index (χ1v) is 11.0. The van der Waals surface area contributed by atoms with Gasteiger partial charge >= 0.3 is 0 Å². The van der Waals surface area contributed by atoms with Crippen LogP contribution in [0.3, 0.4) is 0 Å². The number of ether oxygens (including phenoxy) is 2. The zero-order valence-corrected chi connectivity index (χ0v) is 19.6. The summed E-state index contributed by atoms with van der Waals surface area (Å²) >= 11 is 0. The number of hydrogen-bond donors (Lipinski definition) is 2. The highest BCUT2D eigenvalue weighted by Crippen LogP contribution is 2.31. The van der Waals surface area contributed by atoms with Crippen LogP contribution in [-0.4, -0.2) is 39.8 Å². The SMILES string of the molecule is CCOc1ccc2nc(-c3cccc(OCC(=O)NC(C)(C)C)c3)nc(Nc3cnoc3)c2c1. The molecular weight excluding hydrogens is 434 g/mol. The number of fused-ring (bicyclic) bond motifs is 1. The standard InChI is InChI=1S/C25H27N5O4/c1-5-32-19-9-10-21-20(12-19)24(27-17-13-26-34-14-17)29-23(28-21)16-7-6-8-18(11-16)33-15-22(31)30-25(2,3)4/h6-14H,5,15H2,1-4H3,(H,30,31)(H,27,28,29). The first-order chi connectivity index (χ1) is 16.3. The molecule has 4 aromatic rings. The maximum Gasteiger partial charge on any atom is 0.258 e.